The predicted molar refractivity (Wildman–Crippen MR) is 104 cm³/mol. The first kappa shape index (κ1) is 19.2. The first-order valence-corrected chi connectivity index (χ1v) is 11.5. The molecule has 3 fully saturated rings. The number of carbonyl (C=O) groups is 1. The van der Waals surface area contributed by atoms with Crippen LogP contribution in [0.25, 0.3) is 0 Å². The summed E-state index contributed by atoms with van der Waals surface area (Å²) >= 11 is 5.85. The summed E-state index contributed by atoms with van der Waals surface area (Å²) in [6.07, 6.45) is 4.98. The van der Waals surface area contributed by atoms with Gasteiger partial charge in [0.1, 0.15) is 0 Å². The molecule has 1 aliphatic heterocycles. The van der Waals surface area contributed by atoms with Crippen molar-refractivity contribution in [1.82, 2.24) is 14.1 Å². The molecule has 0 unspecified atom stereocenters. The lowest BCUT2D eigenvalue weighted by molar-refractivity contribution is -0.133. The number of nitrogens with zero attached hydrogens (tertiary/aromatic N) is 3. The number of benzene rings is 1. The van der Waals surface area contributed by atoms with E-state index in [1.165, 1.54) is 42.1 Å². The van der Waals surface area contributed by atoms with Crippen LogP contribution in [0.1, 0.15) is 25.7 Å². The Morgan fingerprint density at radius 3 is 2.22 bits per heavy atom. The van der Waals surface area contributed by atoms with Crippen molar-refractivity contribution in [2.75, 3.05) is 39.3 Å². The lowest BCUT2D eigenvalue weighted by atomic mass is 10.3. The molecule has 0 bridgehead atoms. The number of hydrogen-bond donors (Lipinski definition) is 0. The summed E-state index contributed by atoms with van der Waals surface area (Å²) in [7, 11) is -3.54. The van der Waals surface area contributed by atoms with Crippen molar-refractivity contribution in [1.29, 1.82) is 0 Å². The van der Waals surface area contributed by atoms with Crippen LogP contribution in [0.15, 0.2) is 29.2 Å². The van der Waals surface area contributed by atoms with Crippen molar-refractivity contribution < 1.29 is 13.2 Å². The fourth-order valence-electron chi connectivity index (χ4n) is 3.62. The van der Waals surface area contributed by atoms with E-state index in [9.17, 15) is 13.2 Å². The molecule has 8 heteroatoms. The molecule has 1 aromatic carbocycles. The van der Waals surface area contributed by atoms with Crippen molar-refractivity contribution in [2.24, 2.45) is 5.92 Å². The van der Waals surface area contributed by atoms with Gasteiger partial charge in [0.05, 0.1) is 11.4 Å². The molecule has 3 aliphatic rings. The number of sulfonamides is 1. The van der Waals surface area contributed by atoms with Gasteiger partial charge >= 0.3 is 0 Å². The molecule has 0 radical (unpaired) electrons. The van der Waals surface area contributed by atoms with Crippen LogP contribution in [0.2, 0.25) is 5.02 Å². The molecule has 2 saturated carbocycles. The van der Waals surface area contributed by atoms with Gasteiger partial charge < -0.3 is 4.90 Å². The smallest absolute Gasteiger partial charge is 0.243 e. The van der Waals surface area contributed by atoms with Gasteiger partial charge in [-0.2, -0.15) is 4.31 Å². The maximum Gasteiger partial charge on any atom is 0.243 e. The molecular weight excluding hydrogens is 386 g/mol. The lowest BCUT2D eigenvalue weighted by Gasteiger charge is -2.35. The van der Waals surface area contributed by atoms with Crippen LogP contribution in [0.5, 0.6) is 0 Å². The van der Waals surface area contributed by atoms with Gasteiger partial charge in [0.25, 0.3) is 0 Å². The normalized spacial score (nSPS) is 21.6. The molecule has 1 heterocycles. The highest BCUT2D eigenvalue weighted by atomic mass is 35.5. The van der Waals surface area contributed by atoms with E-state index in [1.807, 2.05) is 4.90 Å². The number of carbonyl (C=O) groups excluding carboxylic acids is 1. The maximum absolute atomic E-state index is 12.7. The number of piperazine rings is 1. The highest BCUT2D eigenvalue weighted by Gasteiger charge is 2.36. The minimum absolute atomic E-state index is 0.131. The second-order valence-corrected chi connectivity index (χ2v) is 10.2. The van der Waals surface area contributed by atoms with Gasteiger partial charge in [0.2, 0.25) is 15.9 Å². The van der Waals surface area contributed by atoms with Gasteiger partial charge in [-0.3, -0.25) is 9.69 Å². The second-order valence-electron chi connectivity index (χ2n) is 7.84. The third-order valence-electron chi connectivity index (χ3n) is 5.63. The zero-order chi connectivity index (χ0) is 19.0. The third kappa shape index (κ3) is 4.65. The topological polar surface area (TPSA) is 60.9 Å². The SMILES string of the molecule is O=C(CN(CC1CC1)C1CC1)N1CCN(S(=O)(=O)c2ccc(Cl)cc2)CC1. The molecule has 27 heavy (non-hydrogen) atoms. The summed E-state index contributed by atoms with van der Waals surface area (Å²) in [4.78, 5) is 17.1. The summed E-state index contributed by atoms with van der Waals surface area (Å²) in [6.45, 7) is 3.10. The Labute approximate surface area is 166 Å². The van der Waals surface area contributed by atoms with E-state index in [1.54, 1.807) is 12.1 Å². The van der Waals surface area contributed by atoms with Gasteiger partial charge in [0.15, 0.2) is 0 Å². The van der Waals surface area contributed by atoms with Crippen molar-refractivity contribution in [3.05, 3.63) is 29.3 Å². The van der Waals surface area contributed by atoms with E-state index in [-0.39, 0.29) is 10.8 Å². The van der Waals surface area contributed by atoms with Crippen molar-refractivity contribution in [2.45, 2.75) is 36.6 Å². The fraction of sp³-hybridized carbons (Fsp3) is 0.632. The van der Waals surface area contributed by atoms with Crippen LogP contribution in [-0.2, 0) is 14.8 Å². The van der Waals surface area contributed by atoms with Crippen LogP contribution in [0.4, 0.5) is 0 Å². The van der Waals surface area contributed by atoms with Gasteiger partial charge in [0, 0.05) is 43.8 Å². The van der Waals surface area contributed by atoms with E-state index in [0.29, 0.717) is 43.8 Å². The Kier molecular flexibility index (Phi) is 5.47. The molecule has 0 spiro atoms. The molecule has 1 saturated heterocycles. The summed E-state index contributed by atoms with van der Waals surface area (Å²) in [5.41, 5.74) is 0. The van der Waals surface area contributed by atoms with E-state index < -0.39 is 10.0 Å². The van der Waals surface area contributed by atoms with Crippen LogP contribution < -0.4 is 0 Å². The minimum Gasteiger partial charge on any atom is -0.339 e. The molecule has 148 valence electrons. The summed E-state index contributed by atoms with van der Waals surface area (Å²) in [5, 5.41) is 0.510. The molecule has 4 rings (SSSR count). The van der Waals surface area contributed by atoms with Gasteiger partial charge in [-0.25, -0.2) is 8.42 Å². The Morgan fingerprint density at radius 1 is 1.04 bits per heavy atom. The van der Waals surface area contributed by atoms with Gasteiger partial charge in [-0.1, -0.05) is 11.6 Å². The average molecular weight is 412 g/mol. The molecule has 0 N–H and O–H groups in total. The van der Waals surface area contributed by atoms with E-state index in [0.717, 1.165) is 12.5 Å². The van der Waals surface area contributed by atoms with E-state index in [4.69, 9.17) is 11.6 Å². The maximum atomic E-state index is 12.7. The third-order valence-corrected chi connectivity index (χ3v) is 7.80. The van der Waals surface area contributed by atoms with Gasteiger partial charge in [-0.15, -0.1) is 0 Å². The van der Waals surface area contributed by atoms with E-state index >= 15 is 0 Å². The number of rotatable bonds is 7. The highest BCUT2D eigenvalue weighted by Crippen LogP contribution is 2.34. The average Bonchev–Trinajstić information content (AvgIpc) is 3.55. The summed E-state index contributed by atoms with van der Waals surface area (Å²) in [6, 6.07) is 6.81. The zero-order valence-electron chi connectivity index (χ0n) is 15.4. The Bertz CT molecular complexity index is 783. The Morgan fingerprint density at radius 2 is 1.67 bits per heavy atom. The number of halogens is 1. The van der Waals surface area contributed by atoms with Crippen LogP contribution >= 0.6 is 11.6 Å². The molecule has 2 aliphatic carbocycles. The van der Waals surface area contributed by atoms with Crippen molar-refractivity contribution >= 4 is 27.5 Å². The van der Waals surface area contributed by atoms with Gasteiger partial charge in [-0.05, 0) is 55.9 Å². The minimum atomic E-state index is -3.54. The highest BCUT2D eigenvalue weighted by molar-refractivity contribution is 7.89. The monoisotopic (exact) mass is 411 g/mol. The predicted octanol–water partition coefficient (Wildman–Crippen LogP) is 2.05. The van der Waals surface area contributed by atoms with E-state index in [2.05, 4.69) is 4.90 Å². The zero-order valence-corrected chi connectivity index (χ0v) is 17.0. The molecule has 0 atom stereocenters. The second kappa shape index (κ2) is 7.70. The lowest BCUT2D eigenvalue weighted by Crippen LogP contribution is -2.52. The Hall–Kier alpha value is -1.15. The fourth-order valence-corrected chi connectivity index (χ4v) is 5.17. The first-order valence-electron chi connectivity index (χ1n) is 9.71. The first-order chi connectivity index (χ1) is 12.9. The standard InChI is InChI=1S/C19H26ClN3O3S/c20-16-3-7-18(8-4-16)27(25,26)23-11-9-21(10-12-23)19(24)14-22(17-5-6-17)13-15-1-2-15/h3-4,7-8,15,17H,1-2,5-6,9-14H2. The molecular formula is C19H26ClN3O3S. The largest absolute Gasteiger partial charge is 0.339 e. The van der Waals surface area contributed by atoms with Crippen molar-refractivity contribution in [3.63, 3.8) is 0 Å². The molecule has 0 aromatic heterocycles. The molecule has 1 aromatic rings. The quantitative estimate of drug-likeness (QED) is 0.689. The van der Waals surface area contributed by atoms with Crippen LogP contribution in [0, 0.1) is 5.92 Å². The number of amides is 1. The molecule has 6 nitrogen and oxygen atoms in total. The molecule has 1 amide bonds. The Balaban J connectivity index is 1.32. The van der Waals surface area contributed by atoms with Crippen LogP contribution in [0.3, 0.4) is 0 Å². The summed E-state index contributed by atoms with van der Waals surface area (Å²) < 4.78 is 27.0. The van der Waals surface area contributed by atoms with Crippen molar-refractivity contribution in [3.8, 4) is 0 Å². The van der Waals surface area contributed by atoms with Crippen LogP contribution in [-0.4, -0.2) is 73.7 Å². The summed E-state index contributed by atoms with van der Waals surface area (Å²) in [5.74, 6) is 0.908. The number of hydrogen-bond acceptors (Lipinski definition) is 4.